The van der Waals surface area contributed by atoms with Crippen molar-refractivity contribution in [3.8, 4) is 0 Å². The maximum Gasteiger partial charge on any atom is 0.344 e. The first-order valence-corrected chi connectivity index (χ1v) is 54.2. The Morgan fingerprint density at radius 2 is 0.694 bits per heavy atom. The van der Waals surface area contributed by atoms with Crippen molar-refractivity contribution in [1.29, 1.82) is 0 Å². The van der Waals surface area contributed by atoms with Crippen LogP contribution in [0.25, 0.3) is 0 Å². The number of carbonyl (C=O) groups is 14. The second-order valence-electron chi connectivity index (χ2n) is 49.7. The molecular weight excluding hydrogens is 1850 g/mol. The van der Waals surface area contributed by atoms with Crippen molar-refractivity contribution in [3.63, 3.8) is 0 Å². The molecule has 804 valence electrons. The first-order chi connectivity index (χ1) is 67.5. The summed E-state index contributed by atoms with van der Waals surface area (Å²) in [6, 6.07) is 0. The highest BCUT2D eigenvalue weighted by Crippen LogP contribution is 2.65. The van der Waals surface area contributed by atoms with Crippen LogP contribution in [-0.4, -0.2) is 193 Å². The summed E-state index contributed by atoms with van der Waals surface area (Å²) in [5.41, 5.74) is -0.959. The number of ether oxygens (including phenoxy) is 16. The molecule has 8 aliphatic heterocycles. The summed E-state index contributed by atoms with van der Waals surface area (Å²) >= 11 is 0. The molecule has 8 heterocycles. The molecule has 0 radical (unpaired) electrons. The molecule has 0 aromatic rings. The van der Waals surface area contributed by atoms with Crippen LogP contribution in [0.3, 0.4) is 0 Å². The molecule has 30 nitrogen and oxygen atoms in total. The molecule has 30 heteroatoms. The molecule has 0 aromatic heterocycles. The van der Waals surface area contributed by atoms with Gasteiger partial charge >= 0.3 is 83.6 Å². The van der Waals surface area contributed by atoms with Crippen LogP contribution in [0.15, 0.2) is 48.6 Å². The molecule has 14 saturated carbocycles. The van der Waals surface area contributed by atoms with Gasteiger partial charge < -0.3 is 75.8 Å². The minimum absolute atomic E-state index is 0.0335. The summed E-state index contributed by atoms with van der Waals surface area (Å²) in [6.45, 7) is 57.3. The molecule has 22 fully saturated rings. The molecule has 8 saturated heterocycles. The van der Waals surface area contributed by atoms with E-state index in [0.717, 1.165) is 87.9 Å². The summed E-state index contributed by atoms with van der Waals surface area (Å²) in [7, 11) is 0. The Kier molecular flexibility index (Phi) is 35.0. The third-order valence-corrected chi connectivity index (χ3v) is 37.2. The van der Waals surface area contributed by atoms with E-state index in [-0.39, 0.29) is 171 Å². The molecule has 16 bridgehead atoms. The highest BCUT2D eigenvalue weighted by Gasteiger charge is 2.69. The van der Waals surface area contributed by atoms with Gasteiger partial charge in [-0.15, -0.1) is 0 Å². The maximum atomic E-state index is 12.8. The van der Waals surface area contributed by atoms with Gasteiger partial charge in [-0.25, -0.2) is 28.8 Å². The number of esters is 14. The number of fused-ring (bicyclic) bond motifs is 12. The van der Waals surface area contributed by atoms with Crippen LogP contribution in [0, 0.1) is 140 Å². The topological polar surface area (TPSA) is 387 Å². The van der Waals surface area contributed by atoms with Crippen molar-refractivity contribution in [1.82, 2.24) is 0 Å². The van der Waals surface area contributed by atoms with E-state index in [1.807, 2.05) is 69.2 Å². The second kappa shape index (κ2) is 44.7. The molecular formula is C114H168O30. The lowest BCUT2D eigenvalue weighted by Gasteiger charge is -2.62. The Balaban J connectivity index is 0.000000139. The summed E-state index contributed by atoms with van der Waals surface area (Å²) in [5.74, 6) is 3.81. The number of rotatable bonds is 26. The Morgan fingerprint density at radius 3 is 1.06 bits per heavy atom. The molecule has 144 heavy (non-hydrogen) atoms. The number of carbonyl (C=O) groups excluding carboxylic acids is 14. The van der Waals surface area contributed by atoms with Crippen molar-refractivity contribution in [3.05, 3.63) is 48.6 Å². The molecule has 20 atom stereocenters. The first kappa shape index (κ1) is 113. The smallest absolute Gasteiger partial charge is 0.344 e. The summed E-state index contributed by atoms with van der Waals surface area (Å²) in [4.78, 5) is 165. The van der Waals surface area contributed by atoms with Gasteiger partial charge in [0.15, 0.2) is 37.6 Å². The zero-order chi connectivity index (χ0) is 106. The molecule has 22 aliphatic rings. The van der Waals surface area contributed by atoms with Crippen molar-refractivity contribution in [2.45, 2.75) is 416 Å². The lowest BCUT2D eigenvalue weighted by atomic mass is 9.47. The maximum absolute atomic E-state index is 12.8. The van der Waals surface area contributed by atoms with Crippen molar-refractivity contribution in [2.24, 2.45) is 140 Å². The van der Waals surface area contributed by atoms with E-state index in [9.17, 15) is 67.1 Å². The fourth-order valence-corrected chi connectivity index (χ4v) is 27.6. The molecule has 0 spiro atoms. The Labute approximate surface area is 852 Å². The standard InChI is InChI=1S/C19H32O2.C17H24O6.C17H26O2.C15H18O6.C13H18O5.C12H22O2.C11H12O5.C10H16O2/c1-6-18(4,5)17(20)21-19(12(2)3)15-8-13-7-14(10-15)11-16(19)9-13;1-4-17(2,3)16(20)22-8-13(18)23-12-6-9-5-10(12)14-11(9)7-21-15(14)19;1-10(2)16(18)19-17(11(3)4)14-6-12-5-13(8-14)9-15(17)7-12;1-7(2)14(17)20-6-12(16)21-11-4-8-3-9(11)13-10(8)5-19-15(13)18;1-4-13(2,3)12(15)18-9-7-5-6-8(16-7)10(9)17-11(6)14;1-5-11(2,3)10(13)14-12(4)8-6-7-9-12;1-4(2)10(12)15-8-6-3-5-7(14-6)9(8)16-11(5)13;1-8(2)9(11)12-10(3)6-4-5-7-10/h12-16H,6-11H2,1-5H3;9-12,14H,4-8H2,1-3H3;11-15H,1,5-9H2,2-4H3;8-11,13H,1,3-6H2,2H3;6-10H,4-5H2,1-3H3;5-9H2,1-4H3;5-9H,1,3H2,2H3;1,4-7H2,2-3H3. The highest BCUT2D eigenvalue weighted by molar-refractivity contribution is 5.90. The largest absolute Gasteiger partial charge is 0.465 e. The molecule has 14 aliphatic carbocycles. The third kappa shape index (κ3) is 23.8. The van der Waals surface area contributed by atoms with Crippen LogP contribution >= 0.6 is 0 Å². The van der Waals surface area contributed by atoms with E-state index in [2.05, 4.69) is 67.9 Å². The van der Waals surface area contributed by atoms with Gasteiger partial charge in [0.05, 0.1) is 70.8 Å². The van der Waals surface area contributed by atoms with Crippen LogP contribution < -0.4 is 0 Å². The van der Waals surface area contributed by atoms with Gasteiger partial charge in [0.2, 0.25) is 0 Å². The normalized spacial score (nSPS) is 36.3. The molecule has 0 amide bonds. The van der Waals surface area contributed by atoms with Crippen molar-refractivity contribution < 1.29 is 143 Å². The minimum atomic E-state index is -0.612. The van der Waals surface area contributed by atoms with E-state index in [0.29, 0.717) is 115 Å². The number of cyclic esters (lactones) is 2. The second-order valence-corrected chi connectivity index (χ2v) is 49.7. The quantitative estimate of drug-likeness (QED) is 0.0441. The van der Waals surface area contributed by atoms with Crippen molar-refractivity contribution in [2.75, 3.05) is 26.4 Å². The number of hydrogen-bond donors (Lipinski definition) is 0. The van der Waals surface area contributed by atoms with Gasteiger partial charge in [0.25, 0.3) is 0 Å². The van der Waals surface area contributed by atoms with Crippen LogP contribution in [0.2, 0.25) is 0 Å². The predicted octanol–water partition coefficient (Wildman–Crippen LogP) is 18.3. The van der Waals surface area contributed by atoms with Crippen molar-refractivity contribution >= 4 is 83.6 Å². The predicted molar refractivity (Wildman–Crippen MR) is 526 cm³/mol. The average molecular weight is 2020 g/mol. The van der Waals surface area contributed by atoms with Gasteiger partial charge in [-0.1, -0.05) is 81.7 Å². The molecule has 22 rings (SSSR count). The van der Waals surface area contributed by atoms with Gasteiger partial charge in [0.1, 0.15) is 46.8 Å². The summed E-state index contributed by atoms with van der Waals surface area (Å²) < 4.78 is 86.8. The Hall–Kier alpha value is -8.54. The Bertz CT molecular complexity index is 4760. The minimum Gasteiger partial charge on any atom is -0.465 e. The van der Waals surface area contributed by atoms with Gasteiger partial charge in [-0.3, -0.25) is 38.4 Å². The van der Waals surface area contributed by atoms with E-state index < -0.39 is 71.7 Å². The van der Waals surface area contributed by atoms with E-state index >= 15 is 0 Å². The molecule has 20 unspecified atom stereocenters. The van der Waals surface area contributed by atoms with E-state index in [4.69, 9.17) is 75.8 Å². The van der Waals surface area contributed by atoms with Crippen LogP contribution in [0.5, 0.6) is 0 Å². The lowest BCUT2D eigenvalue weighted by molar-refractivity contribution is -0.231. The SMILES string of the molecule is C=C(C)C(=O)OC1(C(C)C)C2CC3CC(C2)CC1C3.C=C(C)C(=O)OC1(C)CCCC1.C=C(C)C(=O)OC1C2CC3C(=O)OC1C3O2.C=C(C)C(=O)OCC(=O)OC1CC2CC1C1C(=O)OCC21.CCC(C)(C)C(=O)OC1(C(C)C)C2CC3CC(C2)CC1C3.CCC(C)(C)C(=O)OC1(C)CCCC1.CCC(C)(C)C(=O)OC1C2CC3C(=O)OC1C3O2.CCC(C)(C)C(=O)OCC(=O)OC1CC2CC1C1C(=O)OCC21. The number of hydrogen-bond acceptors (Lipinski definition) is 30. The van der Waals surface area contributed by atoms with Gasteiger partial charge in [-0.2, -0.15) is 0 Å². The zero-order valence-electron chi connectivity index (χ0n) is 90.0. The van der Waals surface area contributed by atoms with Gasteiger partial charge in [0, 0.05) is 46.0 Å². The Morgan fingerprint density at radius 1 is 0.361 bits per heavy atom. The average Bonchev–Trinajstić information content (AvgIpc) is 1.32. The monoisotopic (exact) mass is 2020 g/mol. The molecule has 0 aromatic carbocycles. The lowest BCUT2D eigenvalue weighted by Crippen LogP contribution is -2.63. The summed E-state index contributed by atoms with van der Waals surface area (Å²) in [5, 5.41) is 0. The first-order valence-electron chi connectivity index (χ1n) is 54.2. The fourth-order valence-electron chi connectivity index (χ4n) is 27.6. The zero-order valence-corrected chi connectivity index (χ0v) is 90.0. The van der Waals surface area contributed by atoms with E-state index in [1.54, 1.807) is 34.6 Å². The van der Waals surface area contributed by atoms with Gasteiger partial charge in [-0.05, 0) is 348 Å². The van der Waals surface area contributed by atoms with E-state index in [1.165, 1.54) is 96.8 Å². The fraction of sp³-hybridized carbons (Fsp3) is 0.807. The van der Waals surface area contributed by atoms with Crippen LogP contribution in [0.1, 0.15) is 332 Å². The highest BCUT2D eigenvalue weighted by atomic mass is 16.7. The summed E-state index contributed by atoms with van der Waals surface area (Å²) in [6.07, 6.45) is 26.5. The van der Waals surface area contributed by atoms with Crippen LogP contribution in [-0.2, 0) is 143 Å². The molecule has 0 N–H and O–H groups in total. The van der Waals surface area contributed by atoms with Crippen LogP contribution in [0.4, 0.5) is 0 Å². The third-order valence-electron chi connectivity index (χ3n) is 37.2.